The minimum absolute atomic E-state index is 0.0201. The Bertz CT molecular complexity index is 419. The van der Waals surface area contributed by atoms with Gasteiger partial charge in [-0.05, 0) is 42.7 Å². The highest BCUT2D eigenvalue weighted by atomic mass is 32.2. The predicted octanol–water partition coefficient (Wildman–Crippen LogP) is 2.23. The minimum Gasteiger partial charge on any atom is -0.482 e. The van der Waals surface area contributed by atoms with Gasteiger partial charge < -0.3 is 15.2 Å². The average molecular weight is 283 g/mol. The number of ether oxygens (including phenoxy) is 1. The van der Waals surface area contributed by atoms with Gasteiger partial charge >= 0.3 is 5.97 Å². The number of thioether (sulfide) groups is 1. The van der Waals surface area contributed by atoms with Gasteiger partial charge in [-0.1, -0.05) is 0 Å². The lowest BCUT2D eigenvalue weighted by Crippen LogP contribution is -2.12. The van der Waals surface area contributed by atoms with Gasteiger partial charge in [-0.3, -0.25) is 4.79 Å². The number of carboxylic acid groups (broad SMARTS) is 1. The number of hydrogen-bond acceptors (Lipinski definition) is 4. The summed E-state index contributed by atoms with van der Waals surface area (Å²) in [5.41, 5.74) is 0.678. The van der Waals surface area contributed by atoms with Crippen LogP contribution in [0.25, 0.3) is 0 Å². The normalized spacial score (nSPS) is 9.95. The number of rotatable bonds is 8. The van der Waals surface area contributed by atoms with Crippen molar-refractivity contribution in [3.63, 3.8) is 0 Å². The summed E-state index contributed by atoms with van der Waals surface area (Å²) in [5, 5.41) is 11.2. The van der Waals surface area contributed by atoms with Gasteiger partial charge in [0.05, 0.1) is 0 Å². The van der Waals surface area contributed by atoms with Crippen LogP contribution in [-0.4, -0.2) is 35.6 Å². The summed E-state index contributed by atoms with van der Waals surface area (Å²) in [7, 11) is 0. The molecule has 0 saturated carbocycles. The fourth-order valence-electron chi connectivity index (χ4n) is 1.38. The number of carbonyl (C=O) groups is 2. The van der Waals surface area contributed by atoms with Gasteiger partial charge in [-0.2, -0.15) is 11.8 Å². The van der Waals surface area contributed by atoms with Crippen LogP contribution < -0.4 is 10.1 Å². The molecule has 1 aromatic carbocycles. The van der Waals surface area contributed by atoms with Crippen LogP contribution in [0.15, 0.2) is 24.3 Å². The lowest BCUT2D eigenvalue weighted by Gasteiger charge is -2.07. The first-order valence-electron chi connectivity index (χ1n) is 5.85. The largest absolute Gasteiger partial charge is 0.482 e. The van der Waals surface area contributed by atoms with Crippen molar-refractivity contribution in [2.45, 2.75) is 12.8 Å². The van der Waals surface area contributed by atoms with Crippen molar-refractivity contribution < 1.29 is 19.4 Å². The Morgan fingerprint density at radius 3 is 2.58 bits per heavy atom. The molecule has 0 aliphatic rings. The third-order valence-corrected chi connectivity index (χ3v) is 2.95. The molecule has 0 radical (unpaired) electrons. The summed E-state index contributed by atoms with van der Waals surface area (Å²) in [6.07, 6.45) is 3.36. The highest BCUT2D eigenvalue weighted by Crippen LogP contribution is 2.16. The monoisotopic (exact) mass is 283 g/mol. The number of carbonyl (C=O) groups excluding carboxylic acids is 1. The van der Waals surface area contributed by atoms with E-state index in [1.807, 2.05) is 6.26 Å². The maximum Gasteiger partial charge on any atom is 0.341 e. The van der Waals surface area contributed by atoms with E-state index >= 15 is 0 Å². The minimum atomic E-state index is -1.02. The maximum atomic E-state index is 11.6. The van der Waals surface area contributed by atoms with E-state index < -0.39 is 5.97 Å². The number of carboxylic acids is 1. The highest BCUT2D eigenvalue weighted by Gasteiger charge is 2.03. The van der Waals surface area contributed by atoms with E-state index in [-0.39, 0.29) is 12.5 Å². The van der Waals surface area contributed by atoms with Crippen molar-refractivity contribution in [3.8, 4) is 5.75 Å². The van der Waals surface area contributed by atoms with Gasteiger partial charge in [0.25, 0.3) is 0 Å². The van der Waals surface area contributed by atoms with E-state index in [1.54, 1.807) is 36.0 Å². The molecule has 5 nitrogen and oxygen atoms in total. The van der Waals surface area contributed by atoms with Crippen LogP contribution >= 0.6 is 11.8 Å². The number of amides is 1. The number of aliphatic carboxylic acids is 1. The smallest absolute Gasteiger partial charge is 0.341 e. The topological polar surface area (TPSA) is 75.6 Å². The molecule has 2 N–H and O–H groups in total. The van der Waals surface area contributed by atoms with Crippen LogP contribution in [0.3, 0.4) is 0 Å². The molecule has 104 valence electrons. The Kier molecular flexibility index (Phi) is 6.81. The number of hydrogen-bond donors (Lipinski definition) is 2. The molecule has 19 heavy (non-hydrogen) atoms. The second kappa shape index (κ2) is 8.42. The SMILES string of the molecule is CSCCCC(=O)Nc1ccc(OCC(=O)O)cc1. The second-order valence-electron chi connectivity index (χ2n) is 3.85. The van der Waals surface area contributed by atoms with Gasteiger partial charge in [0, 0.05) is 12.1 Å². The highest BCUT2D eigenvalue weighted by molar-refractivity contribution is 7.98. The van der Waals surface area contributed by atoms with Crippen LogP contribution in [-0.2, 0) is 9.59 Å². The molecule has 6 heteroatoms. The Labute approximate surface area is 116 Å². The molecule has 0 fully saturated rings. The summed E-state index contributed by atoms with van der Waals surface area (Å²) in [5.74, 6) is 0.386. The van der Waals surface area contributed by atoms with E-state index in [0.29, 0.717) is 17.9 Å². The van der Waals surface area contributed by atoms with Gasteiger partial charge in [-0.25, -0.2) is 4.79 Å². The molecule has 0 aromatic heterocycles. The van der Waals surface area contributed by atoms with Gasteiger partial charge in [-0.15, -0.1) is 0 Å². The number of nitrogens with one attached hydrogen (secondary N) is 1. The zero-order chi connectivity index (χ0) is 14.1. The molecule has 0 unspecified atom stereocenters. The molecule has 1 amide bonds. The van der Waals surface area contributed by atoms with E-state index in [0.717, 1.165) is 12.2 Å². The summed E-state index contributed by atoms with van der Waals surface area (Å²) in [4.78, 5) is 21.9. The quantitative estimate of drug-likeness (QED) is 0.716. The van der Waals surface area contributed by atoms with Crippen molar-refractivity contribution in [2.24, 2.45) is 0 Å². The first-order chi connectivity index (χ1) is 9.11. The third-order valence-electron chi connectivity index (χ3n) is 2.25. The molecule has 1 rings (SSSR count). The van der Waals surface area contributed by atoms with E-state index in [1.165, 1.54) is 0 Å². The summed E-state index contributed by atoms with van der Waals surface area (Å²) < 4.78 is 4.99. The fourth-order valence-corrected chi connectivity index (χ4v) is 1.81. The van der Waals surface area contributed by atoms with Gasteiger partial charge in [0.15, 0.2) is 6.61 Å². The fraction of sp³-hybridized carbons (Fsp3) is 0.385. The third kappa shape index (κ3) is 6.71. The van der Waals surface area contributed by atoms with Gasteiger partial charge in [0.1, 0.15) is 5.75 Å². The zero-order valence-corrected chi connectivity index (χ0v) is 11.5. The second-order valence-corrected chi connectivity index (χ2v) is 4.84. The van der Waals surface area contributed by atoms with E-state index in [9.17, 15) is 9.59 Å². The molecule has 0 heterocycles. The van der Waals surface area contributed by atoms with Crippen molar-refractivity contribution in [2.75, 3.05) is 23.9 Å². The average Bonchev–Trinajstić information content (AvgIpc) is 2.38. The van der Waals surface area contributed by atoms with Crippen molar-refractivity contribution in [1.82, 2.24) is 0 Å². The molecule has 0 atom stereocenters. The molecule has 0 aliphatic carbocycles. The van der Waals surface area contributed by atoms with Crippen LogP contribution in [0.4, 0.5) is 5.69 Å². The molecular weight excluding hydrogens is 266 g/mol. The molecular formula is C13H17NO4S. The van der Waals surface area contributed by atoms with E-state index in [4.69, 9.17) is 9.84 Å². The van der Waals surface area contributed by atoms with E-state index in [2.05, 4.69) is 5.32 Å². The molecule has 1 aromatic rings. The van der Waals surface area contributed by atoms with Crippen LogP contribution in [0.1, 0.15) is 12.8 Å². The zero-order valence-electron chi connectivity index (χ0n) is 10.7. The first kappa shape index (κ1) is 15.4. The Balaban J connectivity index is 2.39. The standard InChI is InChI=1S/C13H17NO4S/c1-19-8-2-3-12(15)14-10-4-6-11(7-5-10)18-9-13(16)17/h4-7H,2-3,8-9H2,1H3,(H,14,15)(H,16,17). The number of anilines is 1. The molecule has 0 bridgehead atoms. The lowest BCUT2D eigenvalue weighted by atomic mass is 10.2. The lowest BCUT2D eigenvalue weighted by molar-refractivity contribution is -0.139. The molecule has 0 spiro atoms. The van der Waals surface area contributed by atoms with Crippen LogP contribution in [0, 0.1) is 0 Å². The summed E-state index contributed by atoms with van der Waals surface area (Å²) in [6.45, 7) is -0.375. The Morgan fingerprint density at radius 1 is 1.32 bits per heavy atom. The predicted molar refractivity (Wildman–Crippen MR) is 75.8 cm³/mol. The summed E-state index contributed by atoms with van der Waals surface area (Å²) >= 11 is 1.72. The van der Waals surface area contributed by atoms with Gasteiger partial charge in [0.2, 0.25) is 5.91 Å². The Hall–Kier alpha value is -1.69. The first-order valence-corrected chi connectivity index (χ1v) is 7.24. The maximum absolute atomic E-state index is 11.6. The van der Waals surface area contributed by atoms with Crippen LogP contribution in [0.2, 0.25) is 0 Å². The summed E-state index contributed by atoms with van der Waals surface area (Å²) in [6, 6.07) is 6.62. The molecule has 0 aliphatic heterocycles. The van der Waals surface area contributed by atoms with Crippen LogP contribution in [0.5, 0.6) is 5.75 Å². The molecule has 0 saturated heterocycles. The van der Waals surface area contributed by atoms with Crippen molar-refractivity contribution in [3.05, 3.63) is 24.3 Å². The Morgan fingerprint density at radius 2 is 2.00 bits per heavy atom. The van der Waals surface area contributed by atoms with Crippen molar-refractivity contribution >= 4 is 29.3 Å². The number of benzene rings is 1. The van der Waals surface area contributed by atoms with Crippen molar-refractivity contribution in [1.29, 1.82) is 0 Å².